The molecular weight excluding hydrogens is 248 g/mol. The minimum Gasteiger partial charge on any atom is -0.348 e. The second-order valence-electron chi connectivity index (χ2n) is 4.89. The van der Waals surface area contributed by atoms with Gasteiger partial charge in [0, 0.05) is 18.2 Å². The number of benzene rings is 1. The van der Waals surface area contributed by atoms with Gasteiger partial charge in [0.25, 0.3) is 5.91 Å². The molecule has 1 amide bonds. The van der Waals surface area contributed by atoms with Crippen molar-refractivity contribution < 1.29 is 4.79 Å². The molecule has 0 saturated carbocycles. The molecule has 0 bridgehead atoms. The van der Waals surface area contributed by atoms with Crippen molar-refractivity contribution in [3.63, 3.8) is 0 Å². The van der Waals surface area contributed by atoms with E-state index in [1.165, 1.54) is 0 Å². The number of carbonyl (C=O) groups is 1. The van der Waals surface area contributed by atoms with E-state index >= 15 is 0 Å². The highest BCUT2D eigenvalue weighted by molar-refractivity contribution is 5.94. The van der Waals surface area contributed by atoms with Crippen molar-refractivity contribution in [1.29, 1.82) is 0 Å². The lowest BCUT2D eigenvalue weighted by atomic mass is 10.0. The third kappa shape index (κ3) is 4.00. The van der Waals surface area contributed by atoms with Crippen molar-refractivity contribution in [2.75, 3.05) is 13.1 Å². The number of rotatable bonds is 2. The number of carbonyl (C=O) groups excluding carboxylic acids is 1. The predicted octanol–water partition coefficient (Wildman–Crippen LogP) is 2.21. The number of nitrogens with one attached hydrogen (secondary N) is 2. The predicted molar refractivity (Wildman–Crippen MR) is 76.5 cm³/mol. The topological polar surface area (TPSA) is 41.1 Å². The maximum atomic E-state index is 12.1. The minimum atomic E-state index is 0. The van der Waals surface area contributed by atoms with Crippen LogP contribution in [0.15, 0.2) is 18.2 Å². The lowest BCUT2D eigenvalue weighted by Crippen LogP contribution is -2.45. The summed E-state index contributed by atoms with van der Waals surface area (Å²) in [4.78, 5) is 12.1. The van der Waals surface area contributed by atoms with E-state index in [-0.39, 0.29) is 24.4 Å². The van der Waals surface area contributed by atoms with E-state index in [1.807, 2.05) is 26.0 Å². The fraction of sp³-hybridized carbons (Fsp3) is 0.500. The lowest BCUT2D eigenvalue weighted by molar-refractivity contribution is 0.0930. The summed E-state index contributed by atoms with van der Waals surface area (Å²) in [6.45, 7) is 5.99. The molecule has 1 fully saturated rings. The Labute approximate surface area is 115 Å². The first-order valence-corrected chi connectivity index (χ1v) is 6.25. The number of hydrogen-bond donors (Lipinski definition) is 2. The van der Waals surface area contributed by atoms with Crippen LogP contribution in [-0.2, 0) is 0 Å². The van der Waals surface area contributed by atoms with Gasteiger partial charge in [-0.1, -0.05) is 17.2 Å². The normalized spacial score (nSPS) is 18.9. The zero-order valence-corrected chi connectivity index (χ0v) is 11.8. The van der Waals surface area contributed by atoms with E-state index in [0.717, 1.165) is 42.6 Å². The Kier molecular flexibility index (Phi) is 5.63. The second-order valence-corrected chi connectivity index (χ2v) is 4.89. The fourth-order valence-corrected chi connectivity index (χ4v) is 2.35. The maximum Gasteiger partial charge on any atom is 0.251 e. The first-order valence-electron chi connectivity index (χ1n) is 6.25. The van der Waals surface area contributed by atoms with Gasteiger partial charge in [-0.05, 0) is 45.4 Å². The molecule has 2 N–H and O–H groups in total. The van der Waals surface area contributed by atoms with Crippen LogP contribution in [0, 0.1) is 13.8 Å². The van der Waals surface area contributed by atoms with Crippen LogP contribution in [-0.4, -0.2) is 25.0 Å². The SMILES string of the molecule is Cc1cc(C)cc(C(=O)N[C@@H]2CCCNC2)c1.Cl. The summed E-state index contributed by atoms with van der Waals surface area (Å²) < 4.78 is 0. The third-order valence-corrected chi connectivity index (χ3v) is 3.12. The Morgan fingerprint density at radius 2 is 1.94 bits per heavy atom. The van der Waals surface area contributed by atoms with E-state index in [9.17, 15) is 4.79 Å². The van der Waals surface area contributed by atoms with Crippen molar-refractivity contribution in [3.8, 4) is 0 Å². The highest BCUT2D eigenvalue weighted by Crippen LogP contribution is 2.10. The van der Waals surface area contributed by atoms with Crippen LogP contribution in [0.4, 0.5) is 0 Å². The molecule has 1 saturated heterocycles. The van der Waals surface area contributed by atoms with E-state index in [4.69, 9.17) is 0 Å². The van der Waals surface area contributed by atoms with Gasteiger partial charge in [-0.15, -0.1) is 12.4 Å². The zero-order valence-electron chi connectivity index (χ0n) is 11.0. The molecule has 4 heteroatoms. The Hall–Kier alpha value is -1.06. The highest BCUT2D eigenvalue weighted by Gasteiger charge is 2.16. The highest BCUT2D eigenvalue weighted by atomic mass is 35.5. The summed E-state index contributed by atoms with van der Waals surface area (Å²) in [5.74, 6) is 0.0468. The average molecular weight is 269 g/mol. The van der Waals surface area contributed by atoms with Crippen molar-refractivity contribution in [2.24, 2.45) is 0 Å². The van der Waals surface area contributed by atoms with Gasteiger partial charge < -0.3 is 10.6 Å². The molecule has 0 unspecified atom stereocenters. The summed E-state index contributed by atoms with van der Waals surface area (Å²) in [5.41, 5.74) is 3.04. The lowest BCUT2D eigenvalue weighted by Gasteiger charge is -2.23. The molecule has 1 atom stereocenters. The molecule has 0 aromatic heterocycles. The quantitative estimate of drug-likeness (QED) is 0.864. The van der Waals surface area contributed by atoms with Gasteiger partial charge in [0.1, 0.15) is 0 Å². The molecule has 1 aromatic rings. The van der Waals surface area contributed by atoms with Crippen molar-refractivity contribution >= 4 is 18.3 Å². The summed E-state index contributed by atoms with van der Waals surface area (Å²) in [7, 11) is 0. The first-order chi connectivity index (χ1) is 8.15. The number of hydrogen-bond acceptors (Lipinski definition) is 2. The Morgan fingerprint density at radius 3 is 2.50 bits per heavy atom. The molecule has 0 spiro atoms. The van der Waals surface area contributed by atoms with Crippen LogP contribution in [0.1, 0.15) is 34.3 Å². The summed E-state index contributed by atoms with van der Waals surface area (Å²) in [6, 6.07) is 6.24. The van der Waals surface area contributed by atoms with Gasteiger partial charge >= 0.3 is 0 Å². The second kappa shape index (κ2) is 6.76. The van der Waals surface area contributed by atoms with Crippen molar-refractivity contribution in [1.82, 2.24) is 10.6 Å². The molecule has 1 aromatic carbocycles. The Balaban J connectivity index is 0.00000162. The van der Waals surface area contributed by atoms with E-state index < -0.39 is 0 Å². The van der Waals surface area contributed by atoms with Crippen LogP contribution in [0.25, 0.3) is 0 Å². The van der Waals surface area contributed by atoms with E-state index in [2.05, 4.69) is 16.7 Å². The molecule has 0 radical (unpaired) electrons. The zero-order chi connectivity index (χ0) is 12.3. The van der Waals surface area contributed by atoms with Gasteiger partial charge in [0.15, 0.2) is 0 Å². The number of halogens is 1. The molecule has 3 nitrogen and oxygen atoms in total. The van der Waals surface area contributed by atoms with Crippen LogP contribution in [0.2, 0.25) is 0 Å². The standard InChI is InChI=1S/C14H20N2O.ClH/c1-10-6-11(2)8-12(7-10)14(17)16-13-4-3-5-15-9-13;/h6-8,13,15H,3-5,9H2,1-2H3,(H,16,17);1H/t13-;/m1./s1. The monoisotopic (exact) mass is 268 g/mol. The average Bonchev–Trinajstić information content (AvgIpc) is 2.29. The molecule has 0 aliphatic carbocycles. The molecule has 100 valence electrons. The molecule has 18 heavy (non-hydrogen) atoms. The summed E-state index contributed by atoms with van der Waals surface area (Å²) >= 11 is 0. The van der Waals surface area contributed by atoms with Crippen molar-refractivity contribution in [3.05, 3.63) is 34.9 Å². The van der Waals surface area contributed by atoms with Gasteiger partial charge in [-0.3, -0.25) is 4.79 Å². The third-order valence-electron chi connectivity index (χ3n) is 3.12. The number of aryl methyl sites for hydroxylation is 2. The Bertz CT molecular complexity index is 394. The van der Waals surface area contributed by atoms with Crippen LogP contribution in [0.5, 0.6) is 0 Å². The smallest absolute Gasteiger partial charge is 0.251 e. The van der Waals surface area contributed by atoms with Gasteiger partial charge in [0.05, 0.1) is 0 Å². The van der Waals surface area contributed by atoms with E-state index in [1.54, 1.807) is 0 Å². The van der Waals surface area contributed by atoms with Crippen LogP contribution in [0.3, 0.4) is 0 Å². The minimum absolute atomic E-state index is 0. The fourth-order valence-electron chi connectivity index (χ4n) is 2.35. The first kappa shape index (κ1) is 15.0. The van der Waals surface area contributed by atoms with Crippen molar-refractivity contribution in [2.45, 2.75) is 32.7 Å². The molecule has 2 rings (SSSR count). The largest absolute Gasteiger partial charge is 0.348 e. The number of amides is 1. The van der Waals surface area contributed by atoms with E-state index in [0.29, 0.717) is 0 Å². The number of piperidine rings is 1. The van der Waals surface area contributed by atoms with Crippen LogP contribution < -0.4 is 10.6 Å². The maximum absolute atomic E-state index is 12.1. The Morgan fingerprint density at radius 1 is 1.28 bits per heavy atom. The summed E-state index contributed by atoms with van der Waals surface area (Å²) in [6.07, 6.45) is 2.21. The molecular formula is C14H21ClN2O. The van der Waals surface area contributed by atoms with Crippen LogP contribution >= 0.6 is 12.4 Å². The molecule has 1 heterocycles. The van der Waals surface area contributed by atoms with Gasteiger partial charge in [0.2, 0.25) is 0 Å². The molecule has 1 aliphatic rings. The summed E-state index contributed by atoms with van der Waals surface area (Å²) in [5, 5.41) is 6.39. The van der Waals surface area contributed by atoms with Gasteiger partial charge in [-0.25, -0.2) is 0 Å². The molecule has 1 aliphatic heterocycles. The van der Waals surface area contributed by atoms with Gasteiger partial charge in [-0.2, -0.15) is 0 Å².